The minimum Gasteiger partial charge on any atom is -0.343 e. The lowest BCUT2D eigenvalue weighted by Crippen LogP contribution is -2.34. The van der Waals surface area contributed by atoms with Crippen LogP contribution in [0.25, 0.3) is 0 Å². The fourth-order valence-corrected chi connectivity index (χ4v) is 2.45. The molecule has 8 heteroatoms. The number of carbonyl (C=O) groups is 1. The molecule has 0 saturated heterocycles. The van der Waals surface area contributed by atoms with Crippen molar-refractivity contribution in [2.45, 2.75) is 50.5 Å². The monoisotopic (exact) mass is 298 g/mol. The standard InChI is InChI=1S/C12H22N6OS/c1-9(2)17(3)11(19)8-20-12-14-15-16-18(12)7-6-13-10-4-5-10/h9-10,13H,4-8H2,1-3H3. The van der Waals surface area contributed by atoms with E-state index in [-0.39, 0.29) is 11.9 Å². The lowest BCUT2D eigenvalue weighted by Gasteiger charge is -2.20. The maximum Gasteiger partial charge on any atom is 0.233 e. The molecule has 1 heterocycles. The number of rotatable bonds is 8. The highest BCUT2D eigenvalue weighted by atomic mass is 32.2. The fraction of sp³-hybridized carbons (Fsp3) is 0.833. The number of hydrogen-bond donors (Lipinski definition) is 1. The summed E-state index contributed by atoms with van der Waals surface area (Å²) in [6.07, 6.45) is 2.54. The van der Waals surface area contributed by atoms with Gasteiger partial charge in [-0.15, -0.1) is 5.10 Å². The van der Waals surface area contributed by atoms with E-state index in [1.165, 1.54) is 24.6 Å². The second-order valence-electron chi connectivity index (χ2n) is 5.30. The molecule has 2 rings (SSSR count). The van der Waals surface area contributed by atoms with Crippen molar-refractivity contribution in [3.63, 3.8) is 0 Å². The third kappa shape index (κ3) is 4.45. The number of tetrazole rings is 1. The van der Waals surface area contributed by atoms with E-state index in [1.807, 2.05) is 20.9 Å². The van der Waals surface area contributed by atoms with Crippen LogP contribution in [0.5, 0.6) is 0 Å². The highest BCUT2D eigenvalue weighted by molar-refractivity contribution is 7.99. The van der Waals surface area contributed by atoms with Gasteiger partial charge in [0.15, 0.2) is 0 Å². The normalized spacial score (nSPS) is 14.8. The Morgan fingerprint density at radius 3 is 2.95 bits per heavy atom. The van der Waals surface area contributed by atoms with Gasteiger partial charge >= 0.3 is 0 Å². The molecule has 0 spiro atoms. The van der Waals surface area contributed by atoms with Gasteiger partial charge in [0.2, 0.25) is 11.1 Å². The smallest absolute Gasteiger partial charge is 0.233 e. The summed E-state index contributed by atoms with van der Waals surface area (Å²) < 4.78 is 1.75. The van der Waals surface area contributed by atoms with E-state index in [9.17, 15) is 4.79 Å². The molecule has 0 bridgehead atoms. The van der Waals surface area contributed by atoms with Gasteiger partial charge in [-0.3, -0.25) is 4.79 Å². The summed E-state index contributed by atoms with van der Waals surface area (Å²) in [5.74, 6) is 0.459. The molecule has 1 amide bonds. The molecule has 1 saturated carbocycles. The van der Waals surface area contributed by atoms with Crippen LogP contribution in [0, 0.1) is 0 Å². The first-order valence-electron chi connectivity index (χ1n) is 6.96. The van der Waals surface area contributed by atoms with Gasteiger partial charge < -0.3 is 10.2 Å². The van der Waals surface area contributed by atoms with Gasteiger partial charge in [0, 0.05) is 25.7 Å². The van der Waals surface area contributed by atoms with Gasteiger partial charge in [-0.25, -0.2) is 4.68 Å². The number of carbonyl (C=O) groups excluding carboxylic acids is 1. The Hall–Kier alpha value is -1.15. The van der Waals surface area contributed by atoms with Crippen molar-refractivity contribution in [2.24, 2.45) is 0 Å². The number of nitrogens with one attached hydrogen (secondary N) is 1. The number of aromatic nitrogens is 4. The Bertz CT molecular complexity index is 445. The predicted molar refractivity (Wildman–Crippen MR) is 77.5 cm³/mol. The number of amides is 1. The lowest BCUT2D eigenvalue weighted by molar-refractivity contribution is -0.128. The third-order valence-electron chi connectivity index (χ3n) is 3.33. The molecule has 112 valence electrons. The summed E-state index contributed by atoms with van der Waals surface area (Å²) in [5.41, 5.74) is 0. The number of nitrogens with zero attached hydrogens (tertiary/aromatic N) is 5. The minimum absolute atomic E-state index is 0.0932. The zero-order valence-corrected chi connectivity index (χ0v) is 13.1. The molecule has 1 N–H and O–H groups in total. The second kappa shape index (κ2) is 7.03. The zero-order valence-electron chi connectivity index (χ0n) is 12.2. The van der Waals surface area contributed by atoms with Crippen molar-refractivity contribution in [1.82, 2.24) is 30.4 Å². The average Bonchev–Trinajstić information content (AvgIpc) is 3.13. The van der Waals surface area contributed by atoms with Gasteiger partial charge in [0.05, 0.1) is 12.3 Å². The topological polar surface area (TPSA) is 75.9 Å². The predicted octanol–water partition coefficient (Wildman–Crippen LogP) is 0.384. The van der Waals surface area contributed by atoms with E-state index in [0.717, 1.165) is 13.1 Å². The van der Waals surface area contributed by atoms with Crippen molar-refractivity contribution < 1.29 is 4.79 Å². The molecule has 20 heavy (non-hydrogen) atoms. The van der Waals surface area contributed by atoms with E-state index in [1.54, 1.807) is 9.58 Å². The van der Waals surface area contributed by atoms with Crippen molar-refractivity contribution in [1.29, 1.82) is 0 Å². The molecule has 0 radical (unpaired) electrons. The van der Waals surface area contributed by atoms with Crippen molar-refractivity contribution in [3.05, 3.63) is 0 Å². The van der Waals surface area contributed by atoms with Gasteiger partial charge in [-0.05, 0) is 37.1 Å². The summed E-state index contributed by atoms with van der Waals surface area (Å²) in [6, 6.07) is 0.894. The van der Waals surface area contributed by atoms with E-state index >= 15 is 0 Å². The SMILES string of the molecule is CC(C)N(C)C(=O)CSc1nnnn1CCNC1CC1. The summed E-state index contributed by atoms with van der Waals surface area (Å²) in [4.78, 5) is 13.6. The molecule has 1 aromatic rings. The van der Waals surface area contributed by atoms with Crippen LogP contribution in [0.2, 0.25) is 0 Å². The van der Waals surface area contributed by atoms with Crippen molar-refractivity contribution in [3.8, 4) is 0 Å². The third-order valence-corrected chi connectivity index (χ3v) is 4.27. The summed E-state index contributed by atoms with van der Waals surface area (Å²) in [5, 5.41) is 15.7. The minimum atomic E-state index is 0.0932. The molecule has 0 aliphatic heterocycles. The summed E-state index contributed by atoms with van der Waals surface area (Å²) in [7, 11) is 1.82. The van der Waals surface area contributed by atoms with E-state index < -0.39 is 0 Å². The second-order valence-corrected chi connectivity index (χ2v) is 6.24. The van der Waals surface area contributed by atoms with Gasteiger partial charge in [0.1, 0.15) is 0 Å². The molecule has 0 atom stereocenters. The number of hydrogen-bond acceptors (Lipinski definition) is 6. The molecule has 0 aromatic carbocycles. The van der Waals surface area contributed by atoms with Gasteiger partial charge in [-0.1, -0.05) is 11.8 Å². The van der Waals surface area contributed by atoms with Crippen LogP contribution in [0.3, 0.4) is 0 Å². The van der Waals surface area contributed by atoms with Crippen LogP contribution < -0.4 is 5.32 Å². The highest BCUT2D eigenvalue weighted by Gasteiger charge is 2.20. The highest BCUT2D eigenvalue weighted by Crippen LogP contribution is 2.18. The lowest BCUT2D eigenvalue weighted by atomic mass is 10.3. The van der Waals surface area contributed by atoms with Crippen LogP contribution in [-0.2, 0) is 11.3 Å². The van der Waals surface area contributed by atoms with Crippen molar-refractivity contribution in [2.75, 3.05) is 19.3 Å². The molecule has 0 unspecified atom stereocenters. The largest absolute Gasteiger partial charge is 0.343 e. The van der Waals surface area contributed by atoms with Crippen LogP contribution in [0.1, 0.15) is 26.7 Å². The first-order chi connectivity index (χ1) is 9.58. The Labute approximate surface area is 123 Å². The average molecular weight is 298 g/mol. The maximum absolute atomic E-state index is 11.9. The fourth-order valence-electron chi connectivity index (χ4n) is 1.62. The Morgan fingerprint density at radius 2 is 2.30 bits per heavy atom. The maximum atomic E-state index is 11.9. The molecular formula is C12H22N6OS. The first-order valence-corrected chi connectivity index (χ1v) is 7.94. The molecule has 7 nitrogen and oxygen atoms in total. The quantitative estimate of drug-likeness (QED) is 0.700. The zero-order chi connectivity index (χ0) is 14.5. The molecule has 1 aliphatic rings. The van der Waals surface area contributed by atoms with Crippen LogP contribution >= 0.6 is 11.8 Å². The van der Waals surface area contributed by atoms with Crippen molar-refractivity contribution >= 4 is 17.7 Å². The summed E-state index contributed by atoms with van der Waals surface area (Å²) in [6.45, 7) is 5.59. The summed E-state index contributed by atoms with van der Waals surface area (Å²) >= 11 is 1.39. The molecule has 1 fully saturated rings. The molecule has 1 aliphatic carbocycles. The van der Waals surface area contributed by atoms with Crippen LogP contribution in [0.4, 0.5) is 0 Å². The van der Waals surface area contributed by atoms with E-state index in [2.05, 4.69) is 20.8 Å². The van der Waals surface area contributed by atoms with Crippen LogP contribution in [0.15, 0.2) is 5.16 Å². The van der Waals surface area contributed by atoms with E-state index in [4.69, 9.17) is 0 Å². The van der Waals surface area contributed by atoms with Crippen LogP contribution in [-0.4, -0.2) is 62.4 Å². The Morgan fingerprint density at radius 1 is 1.55 bits per heavy atom. The Kier molecular flexibility index (Phi) is 5.36. The van der Waals surface area contributed by atoms with Gasteiger partial charge in [-0.2, -0.15) is 0 Å². The Balaban J connectivity index is 1.77. The molecule has 1 aromatic heterocycles. The molecular weight excluding hydrogens is 276 g/mol. The number of thioether (sulfide) groups is 1. The van der Waals surface area contributed by atoms with E-state index in [0.29, 0.717) is 17.0 Å². The van der Waals surface area contributed by atoms with Gasteiger partial charge in [0.25, 0.3) is 0 Å². The first kappa shape index (κ1) is 15.2.